The van der Waals surface area contributed by atoms with E-state index in [-0.39, 0.29) is 5.82 Å². The van der Waals surface area contributed by atoms with Crippen molar-refractivity contribution in [1.29, 1.82) is 0 Å². The lowest BCUT2D eigenvalue weighted by molar-refractivity contribution is 0.533. The topological polar surface area (TPSA) is 45.5 Å². The molecule has 1 aromatic carbocycles. The molecule has 0 radical (unpaired) electrons. The fourth-order valence-electron chi connectivity index (χ4n) is 3.97. The van der Waals surface area contributed by atoms with Gasteiger partial charge in [0, 0.05) is 43.9 Å². The van der Waals surface area contributed by atoms with Crippen molar-refractivity contribution in [3.63, 3.8) is 0 Å². The van der Waals surface area contributed by atoms with Crippen LogP contribution in [0.4, 0.5) is 10.2 Å². The monoisotopic (exact) mass is 323 g/mol. The highest BCUT2D eigenvalue weighted by Crippen LogP contribution is 2.32. The molecule has 2 aliphatic rings. The molecule has 0 amide bonds. The number of nitrogens with one attached hydrogen (secondary N) is 1. The van der Waals surface area contributed by atoms with Gasteiger partial charge in [-0.15, -0.1) is 0 Å². The zero-order valence-electron chi connectivity index (χ0n) is 13.2. The molecule has 0 saturated carbocycles. The van der Waals surface area contributed by atoms with E-state index in [1.807, 2.05) is 22.7 Å². The van der Waals surface area contributed by atoms with Crippen molar-refractivity contribution in [2.24, 2.45) is 11.8 Å². The van der Waals surface area contributed by atoms with Gasteiger partial charge < -0.3 is 10.2 Å². The number of hydrogen-bond donors (Lipinski definition) is 1. The Balaban J connectivity index is 1.63. The molecule has 2 fully saturated rings. The van der Waals surface area contributed by atoms with Gasteiger partial charge in [-0.3, -0.25) is 0 Å². The second-order valence-electron chi connectivity index (χ2n) is 6.66. The van der Waals surface area contributed by atoms with E-state index in [9.17, 15) is 4.39 Å². The molecule has 122 valence electrons. The summed E-state index contributed by atoms with van der Waals surface area (Å²) in [5, 5.41) is 7.88. The van der Waals surface area contributed by atoms with Crippen LogP contribution in [0.15, 0.2) is 42.6 Å². The van der Waals surface area contributed by atoms with Crippen LogP contribution in [0, 0.1) is 17.7 Å². The molecule has 2 atom stereocenters. The minimum atomic E-state index is -0.248. The number of halogens is 1. The third-order valence-corrected chi connectivity index (χ3v) is 5.20. The molecule has 4 heterocycles. The van der Waals surface area contributed by atoms with Crippen molar-refractivity contribution in [3.05, 3.63) is 48.4 Å². The number of rotatable bonds is 2. The van der Waals surface area contributed by atoms with Crippen LogP contribution in [-0.4, -0.2) is 40.8 Å². The van der Waals surface area contributed by atoms with Crippen molar-refractivity contribution in [2.75, 3.05) is 31.1 Å². The molecular formula is C18H18FN5. The zero-order valence-corrected chi connectivity index (χ0v) is 13.2. The lowest BCUT2D eigenvalue weighted by Crippen LogP contribution is -2.27. The number of fused-ring (bicyclic) bond motifs is 2. The van der Waals surface area contributed by atoms with Gasteiger partial charge in [-0.05, 0) is 24.0 Å². The summed E-state index contributed by atoms with van der Waals surface area (Å²) in [5.74, 6) is 2.11. The second kappa shape index (κ2) is 5.27. The average Bonchev–Trinajstić information content (AvgIpc) is 3.29. The molecule has 0 spiro atoms. The number of benzene rings is 1. The van der Waals surface area contributed by atoms with Gasteiger partial charge in [0.05, 0.1) is 11.9 Å². The predicted molar refractivity (Wildman–Crippen MR) is 90.4 cm³/mol. The Kier molecular flexibility index (Phi) is 3.06. The summed E-state index contributed by atoms with van der Waals surface area (Å²) in [7, 11) is 0. The molecule has 0 unspecified atom stereocenters. The van der Waals surface area contributed by atoms with Crippen LogP contribution in [-0.2, 0) is 0 Å². The van der Waals surface area contributed by atoms with E-state index in [4.69, 9.17) is 0 Å². The molecule has 1 N–H and O–H groups in total. The summed E-state index contributed by atoms with van der Waals surface area (Å²) in [5.41, 5.74) is 1.94. The Morgan fingerprint density at radius 1 is 1.08 bits per heavy atom. The molecule has 0 aliphatic carbocycles. The summed E-state index contributed by atoms with van der Waals surface area (Å²) in [6.45, 7) is 4.17. The highest BCUT2D eigenvalue weighted by atomic mass is 19.1. The Morgan fingerprint density at radius 3 is 2.67 bits per heavy atom. The van der Waals surface area contributed by atoms with Crippen LogP contribution in [0.3, 0.4) is 0 Å². The van der Waals surface area contributed by atoms with Gasteiger partial charge in [0.25, 0.3) is 0 Å². The molecule has 2 aromatic heterocycles. The number of nitrogens with zero attached hydrogens (tertiary/aromatic N) is 4. The maximum absolute atomic E-state index is 14.2. The lowest BCUT2D eigenvalue weighted by Gasteiger charge is -2.21. The van der Waals surface area contributed by atoms with Crippen LogP contribution in [0.5, 0.6) is 0 Å². The number of hydrogen-bond acceptors (Lipinski definition) is 4. The number of anilines is 1. The first kappa shape index (κ1) is 13.9. The van der Waals surface area contributed by atoms with E-state index in [0.29, 0.717) is 23.1 Å². The second-order valence-corrected chi connectivity index (χ2v) is 6.66. The van der Waals surface area contributed by atoms with Gasteiger partial charge in [-0.1, -0.05) is 12.1 Å². The average molecular weight is 323 g/mol. The van der Waals surface area contributed by atoms with Crippen molar-refractivity contribution in [3.8, 4) is 11.3 Å². The SMILES string of the molecule is Fc1ccccc1-c1cc(N2C[C@H]3CNC[C@H]3C2)n2nccc2n1. The predicted octanol–water partition coefficient (Wildman–Crippen LogP) is 2.19. The fourth-order valence-corrected chi connectivity index (χ4v) is 3.97. The van der Waals surface area contributed by atoms with Gasteiger partial charge in [-0.25, -0.2) is 9.37 Å². The minimum Gasteiger partial charge on any atom is -0.356 e. The Morgan fingerprint density at radius 2 is 1.88 bits per heavy atom. The van der Waals surface area contributed by atoms with Crippen LogP contribution < -0.4 is 10.2 Å². The van der Waals surface area contributed by atoms with Crippen LogP contribution >= 0.6 is 0 Å². The standard InChI is InChI=1S/C18H18FN5/c19-15-4-2-1-3-14(15)16-7-18(24-17(22-16)5-6-21-24)23-10-12-8-20-9-13(12)11-23/h1-7,12-13,20H,8-11H2/t12-,13+. The lowest BCUT2D eigenvalue weighted by atomic mass is 10.0. The Hall–Kier alpha value is -2.47. The highest BCUT2D eigenvalue weighted by molar-refractivity contribution is 5.67. The normalized spacial score (nSPS) is 23.1. The summed E-state index contributed by atoms with van der Waals surface area (Å²) >= 11 is 0. The van der Waals surface area contributed by atoms with Crippen molar-refractivity contribution in [2.45, 2.75) is 0 Å². The molecular weight excluding hydrogens is 305 g/mol. The molecule has 2 aliphatic heterocycles. The van der Waals surface area contributed by atoms with Gasteiger partial charge in [0.15, 0.2) is 5.65 Å². The zero-order chi connectivity index (χ0) is 16.1. The van der Waals surface area contributed by atoms with Gasteiger partial charge in [-0.2, -0.15) is 9.61 Å². The first-order valence-corrected chi connectivity index (χ1v) is 8.35. The molecule has 0 bridgehead atoms. The van der Waals surface area contributed by atoms with E-state index in [2.05, 4.69) is 20.3 Å². The minimum absolute atomic E-state index is 0.248. The third-order valence-electron chi connectivity index (χ3n) is 5.20. The Bertz CT molecular complexity index is 893. The summed E-state index contributed by atoms with van der Waals surface area (Å²) in [6, 6.07) is 10.6. The highest BCUT2D eigenvalue weighted by Gasteiger charge is 2.37. The molecule has 3 aromatic rings. The summed E-state index contributed by atoms with van der Waals surface area (Å²) in [4.78, 5) is 6.96. The summed E-state index contributed by atoms with van der Waals surface area (Å²) < 4.78 is 16.1. The number of aromatic nitrogens is 3. The maximum Gasteiger partial charge on any atom is 0.157 e. The van der Waals surface area contributed by atoms with Crippen molar-refractivity contribution < 1.29 is 4.39 Å². The van der Waals surface area contributed by atoms with Crippen LogP contribution in [0.25, 0.3) is 16.9 Å². The van der Waals surface area contributed by atoms with Crippen LogP contribution in [0.1, 0.15) is 0 Å². The van der Waals surface area contributed by atoms with E-state index >= 15 is 0 Å². The van der Waals surface area contributed by atoms with Crippen molar-refractivity contribution in [1.82, 2.24) is 19.9 Å². The smallest absolute Gasteiger partial charge is 0.157 e. The van der Waals surface area contributed by atoms with E-state index in [1.165, 1.54) is 6.07 Å². The molecule has 6 heteroatoms. The van der Waals surface area contributed by atoms with E-state index in [0.717, 1.165) is 37.6 Å². The third kappa shape index (κ3) is 2.10. The first-order valence-electron chi connectivity index (χ1n) is 8.35. The largest absolute Gasteiger partial charge is 0.356 e. The molecule has 5 nitrogen and oxygen atoms in total. The van der Waals surface area contributed by atoms with Crippen LogP contribution in [0.2, 0.25) is 0 Å². The Labute approximate surface area is 139 Å². The summed E-state index contributed by atoms with van der Waals surface area (Å²) in [6.07, 6.45) is 1.75. The van der Waals surface area contributed by atoms with E-state index < -0.39 is 0 Å². The van der Waals surface area contributed by atoms with Crippen molar-refractivity contribution >= 4 is 11.5 Å². The maximum atomic E-state index is 14.2. The quantitative estimate of drug-likeness (QED) is 0.785. The molecule has 5 rings (SSSR count). The van der Waals surface area contributed by atoms with E-state index in [1.54, 1.807) is 18.3 Å². The first-order chi connectivity index (χ1) is 11.8. The molecule has 2 saturated heterocycles. The fraction of sp³-hybridized carbons (Fsp3) is 0.333. The molecule has 24 heavy (non-hydrogen) atoms. The van der Waals surface area contributed by atoms with Gasteiger partial charge in [0.2, 0.25) is 0 Å². The van der Waals surface area contributed by atoms with Gasteiger partial charge >= 0.3 is 0 Å². The van der Waals surface area contributed by atoms with Gasteiger partial charge in [0.1, 0.15) is 11.6 Å².